The van der Waals surface area contributed by atoms with Crippen molar-refractivity contribution >= 4 is 23.2 Å². The van der Waals surface area contributed by atoms with E-state index in [1.54, 1.807) is 0 Å². The second kappa shape index (κ2) is 5.18. The molecule has 18 heavy (non-hydrogen) atoms. The Hall–Kier alpha value is -1.89. The number of rotatable bonds is 4. The molecule has 2 heterocycles. The average Bonchev–Trinajstić information content (AvgIpc) is 2.97. The highest BCUT2D eigenvalue weighted by Gasteiger charge is 2.15. The Balaban J connectivity index is 2.02. The lowest BCUT2D eigenvalue weighted by molar-refractivity contribution is 0.0942. The van der Waals surface area contributed by atoms with Crippen LogP contribution in [0, 0.1) is 0 Å². The van der Waals surface area contributed by atoms with Crippen LogP contribution in [0.25, 0.3) is 0 Å². The number of carbonyl (C=O) groups excluding carboxylic acids is 1. The molecule has 0 radical (unpaired) electrons. The molecular formula is C11H15N5OS. The Morgan fingerprint density at radius 1 is 1.61 bits per heavy atom. The van der Waals surface area contributed by atoms with Gasteiger partial charge in [0.15, 0.2) is 0 Å². The molecule has 2 aromatic heterocycles. The molecule has 0 saturated heterocycles. The zero-order valence-electron chi connectivity index (χ0n) is 10.2. The standard InChI is InChI=1S/C11H15N5OS/c1-3-7-4-5-8(18-7)10(17)13-6(2)9-14-11(12)16-15-9/h4-6H,3H2,1-2H3,(H,13,17)(H3,12,14,15,16)/t6-/m0/s1. The van der Waals surface area contributed by atoms with Gasteiger partial charge >= 0.3 is 0 Å². The molecule has 0 spiro atoms. The third kappa shape index (κ3) is 2.67. The zero-order chi connectivity index (χ0) is 13.1. The molecule has 2 aromatic rings. The SMILES string of the molecule is CCc1ccc(C(=O)N[C@@H](C)c2nc(N)n[nH]2)s1. The third-order valence-corrected chi connectivity index (χ3v) is 3.74. The first-order valence-electron chi connectivity index (χ1n) is 5.67. The quantitative estimate of drug-likeness (QED) is 0.780. The second-order valence-electron chi connectivity index (χ2n) is 3.89. The lowest BCUT2D eigenvalue weighted by atomic mass is 10.3. The summed E-state index contributed by atoms with van der Waals surface area (Å²) in [6, 6.07) is 3.55. The van der Waals surface area contributed by atoms with Gasteiger partial charge in [-0.15, -0.1) is 16.4 Å². The van der Waals surface area contributed by atoms with Crippen LogP contribution in [0.2, 0.25) is 0 Å². The average molecular weight is 265 g/mol. The van der Waals surface area contributed by atoms with E-state index in [0.717, 1.165) is 6.42 Å². The number of carbonyl (C=O) groups is 1. The molecule has 96 valence electrons. The van der Waals surface area contributed by atoms with Crippen molar-refractivity contribution in [1.29, 1.82) is 0 Å². The molecule has 0 aliphatic rings. The first kappa shape index (κ1) is 12.6. The molecule has 1 atom stereocenters. The van der Waals surface area contributed by atoms with Crippen LogP contribution in [-0.4, -0.2) is 21.1 Å². The van der Waals surface area contributed by atoms with Gasteiger partial charge in [-0.05, 0) is 25.5 Å². The molecule has 1 amide bonds. The second-order valence-corrected chi connectivity index (χ2v) is 5.06. The first-order chi connectivity index (χ1) is 8.60. The summed E-state index contributed by atoms with van der Waals surface area (Å²) in [5.41, 5.74) is 5.42. The maximum absolute atomic E-state index is 12.0. The van der Waals surface area contributed by atoms with Crippen LogP contribution < -0.4 is 11.1 Å². The van der Waals surface area contributed by atoms with E-state index in [-0.39, 0.29) is 17.9 Å². The molecule has 2 rings (SSSR count). The minimum Gasteiger partial charge on any atom is -0.367 e. The van der Waals surface area contributed by atoms with Gasteiger partial charge in [-0.3, -0.25) is 9.89 Å². The number of amides is 1. The molecular weight excluding hydrogens is 250 g/mol. The topological polar surface area (TPSA) is 96.7 Å². The summed E-state index contributed by atoms with van der Waals surface area (Å²) in [6.45, 7) is 3.89. The van der Waals surface area contributed by atoms with Crippen LogP contribution in [-0.2, 0) is 6.42 Å². The maximum atomic E-state index is 12.0. The molecule has 0 aromatic carbocycles. The Bertz CT molecular complexity index is 547. The molecule has 0 fully saturated rings. The third-order valence-electron chi connectivity index (χ3n) is 2.51. The van der Waals surface area contributed by atoms with E-state index >= 15 is 0 Å². The van der Waals surface area contributed by atoms with Crippen molar-refractivity contribution < 1.29 is 4.79 Å². The van der Waals surface area contributed by atoms with Gasteiger partial charge in [0, 0.05) is 4.88 Å². The van der Waals surface area contributed by atoms with E-state index in [1.807, 2.05) is 19.1 Å². The maximum Gasteiger partial charge on any atom is 0.261 e. The molecule has 0 saturated carbocycles. The molecule has 7 heteroatoms. The lowest BCUT2D eigenvalue weighted by Gasteiger charge is -2.09. The van der Waals surface area contributed by atoms with Crippen LogP contribution in [0.15, 0.2) is 12.1 Å². The number of hydrogen-bond acceptors (Lipinski definition) is 5. The van der Waals surface area contributed by atoms with E-state index < -0.39 is 0 Å². The van der Waals surface area contributed by atoms with Crippen molar-refractivity contribution in [1.82, 2.24) is 20.5 Å². The van der Waals surface area contributed by atoms with Crippen molar-refractivity contribution in [2.24, 2.45) is 0 Å². The van der Waals surface area contributed by atoms with Crippen LogP contribution in [0.5, 0.6) is 0 Å². The highest BCUT2D eigenvalue weighted by molar-refractivity contribution is 7.14. The monoisotopic (exact) mass is 265 g/mol. The molecule has 0 unspecified atom stereocenters. The number of anilines is 1. The number of aryl methyl sites for hydroxylation is 1. The summed E-state index contributed by atoms with van der Waals surface area (Å²) in [7, 11) is 0. The van der Waals surface area contributed by atoms with E-state index in [9.17, 15) is 4.79 Å². The summed E-state index contributed by atoms with van der Waals surface area (Å²) in [6.07, 6.45) is 0.937. The number of thiophene rings is 1. The highest BCUT2D eigenvalue weighted by atomic mass is 32.1. The number of nitrogens with one attached hydrogen (secondary N) is 2. The van der Waals surface area contributed by atoms with Gasteiger partial charge in [-0.25, -0.2) is 0 Å². The van der Waals surface area contributed by atoms with Crippen LogP contribution in [0.1, 0.15) is 40.3 Å². The first-order valence-corrected chi connectivity index (χ1v) is 6.49. The number of aromatic amines is 1. The molecule has 6 nitrogen and oxygen atoms in total. The van der Waals surface area contributed by atoms with Gasteiger partial charge in [-0.1, -0.05) is 6.92 Å². The van der Waals surface area contributed by atoms with E-state index in [0.29, 0.717) is 10.7 Å². The Kier molecular flexibility index (Phi) is 3.61. The van der Waals surface area contributed by atoms with Crippen LogP contribution >= 0.6 is 11.3 Å². The number of nitrogens with zero attached hydrogens (tertiary/aromatic N) is 2. The summed E-state index contributed by atoms with van der Waals surface area (Å²) in [5.74, 6) is 0.616. The largest absolute Gasteiger partial charge is 0.367 e. The van der Waals surface area contributed by atoms with Gasteiger partial charge in [0.1, 0.15) is 5.82 Å². The molecule has 0 bridgehead atoms. The lowest BCUT2D eigenvalue weighted by Crippen LogP contribution is -2.26. The zero-order valence-corrected chi connectivity index (χ0v) is 11.0. The summed E-state index contributed by atoms with van der Waals surface area (Å²) in [4.78, 5) is 17.8. The smallest absolute Gasteiger partial charge is 0.261 e. The number of nitrogen functional groups attached to an aromatic ring is 1. The predicted molar refractivity (Wildman–Crippen MR) is 70.4 cm³/mol. The summed E-state index contributed by atoms with van der Waals surface area (Å²) in [5, 5.41) is 9.25. The number of hydrogen-bond donors (Lipinski definition) is 3. The minimum atomic E-state index is -0.255. The number of nitrogens with two attached hydrogens (primary N) is 1. The fourth-order valence-electron chi connectivity index (χ4n) is 1.51. The molecule has 0 aliphatic heterocycles. The summed E-state index contributed by atoms with van der Waals surface area (Å²) >= 11 is 1.50. The predicted octanol–water partition coefficient (Wildman–Crippen LogP) is 1.50. The molecule has 0 aliphatic carbocycles. The van der Waals surface area contributed by atoms with E-state index in [2.05, 4.69) is 27.4 Å². The van der Waals surface area contributed by atoms with Gasteiger partial charge in [0.2, 0.25) is 5.95 Å². The van der Waals surface area contributed by atoms with Gasteiger partial charge in [-0.2, -0.15) is 4.98 Å². The van der Waals surface area contributed by atoms with Crippen molar-refractivity contribution in [2.45, 2.75) is 26.3 Å². The van der Waals surface area contributed by atoms with Crippen LogP contribution in [0.4, 0.5) is 5.95 Å². The van der Waals surface area contributed by atoms with Crippen molar-refractivity contribution in [3.05, 3.63) is 27.7 Å². The highest BCUT2D eigenvalue weighted by Crippen LogP contribution is 2.18. The van der Waals surface area contributed by atoms with Crippen molar-refractivity contribution in [2.75, 3.05) is 5.73 Å². The summed E-state index contributed by atoms with van der Waals surface area (Å²) < 4.78 is 0. The number of H-pyrrole nitrogens is 1. The Labute approximate surface area is 109 Å². The van der Waals surface area contributed by atoms with Crippen molar-refractivity contribution in [3.8, 4) is 0 Å². The minimum absolute atomic E-state index is 0.109. The van der Waals surface area contributed by atoms with Gasteiger partial charge in [0.05, 0.1) is 10.9 Å². The number of aromatic nitrogens is 3. The Morgan fingerprint density at radius 2 is 2.39 bits per heavy atom. The van der Waals surface area contributed by atoms with Gasteiger partial charge in [0.25, 0.3) is 5.91 Å². The van der Waals surface area contributed by atoms with E-state index in [1.165, 1.54) is 16.2 Å². The fourth-order valence-corrected chi connectivity index (χ4v) is 2.36. The fraction of sp³-hybridized carbons (Fsp3) is 0.364. The van der Waals surface area contributed by atoms with E-state index in [4.69, 9.17) is 5.73 Å². The van der Waals surface area contributed by atoms with Gasteiger partial charge < -0.3 is 11.1 Å². The van der Waals surface area contributed by atoms with Crippen molar-refractivity contribution in [3.63, 3.8) is 0 Å². The molecule has 4 N–H and O–H groups in total. The van der Waals surface area contributed by atoms with Crippen LogP contribution in [0.3, 0.4) is 0 Å². The Morgan fingerprint density at radius 3 is 2.94 bits per heavy atom. The normalized spacial score (nSPS) is 12.3.